The molecule has 2 rings (SSSR count). The molecular weight excluding hydrogens is 260 g/mol. The zero-order valence-electron chi connectivity index (χ0n) is 10.6. The summed E-state index contributed by atoms with van der Waals surface area (Å²) in [7, 11) is 0. The van der Waals surface area contributed by atoms with Gasteiger partial charge in [-0.2, -0.15) is 0 Å². The average molecular weight is 276 g/mol. The molecule has 3 N–H and O–H groups in total. The van der Waals surface area contributed by atoms with Crippen LogP contribution in [0.25, 0.3) is 0 Å². The van der Waals surface area contributed by atoms with E-state index >= 15 is 0 Å². The molecule has 0 spiro atoms. The van der Waals surface area contributed by atoms with Crippen LogP contribution >= 0.6 is 11.3 Å². The normalized spacial score (nSPS) is 11.9. The van der Waals surface area contributed by atoms with Gasteiger partial charge >= 0.3 is 6.03 Å². The number of benzene rings is 1. The van der Waals surface area contributed by atoms with Crippen LogP contribution in [-0.4, -0.2) is 11.1 Å². The number of aliphatic hydroxyl groups is 1. The third-order valence-electron chi connectivity index (χ3n) is 2.63. The van der Waals surface area contributed by atoms with Crippen LogP contribution in [0.5, 0.6) is 0 Å². The number of thiophene rings is 1. The largest absolute Gasteiger partial charge is 0.389 e. The maximum atomic E-state index is 11.7. The highest BCUT2D eigenvalue weighted by atomic mass is 32.1. The number of carbonyl (C=O) groups excluding carboxylic acids is 1. The second-order valence-electron chi connectivity index (χ2n) is 4.19. The van der Waals surface area contributed by atoms with Crippen LogP contribution in [0.2, 0.25) is 0 Å². The van der Waals surface area contributed by atoms with Gasteiger partial charge in [0, 0.05) is 10.6 Å². The maximum absolute atomic E-state index is 11.7. The Labute approximate surface area is 116 Å². The van der Waals surface area contributed by atoms with Crippen LogP contribution in [0.3, 0.4) is 0 Å². The Balaban J connectivity index is 1.89. The summed E-state index contributed by atoms with van der Waals surface area (Å²) >= 11 is 1.60. The van der Waals surface area contributed by atoms with E-state index in [9.17, 15) is 9.90 Å². The quantitative estimate of drug-likeness (QED) is 0.803. The Morgan fingerprint density at radius 1 is 1.37 bits per heavy atom. The van der Waals surface area contributed by atoms with Crippen molar-refractivity contribution in [2.45, 2.75) is 19.6 Å². The molecule has 0 fully saturated rings. The molecule has 0 aliphatic heterocycles. The van der Waals surface area contributed by atoms with Crippen molar-refractivity contribution < 1.29 is 9.90 Å². The minimum absolute atomic E-state index is 0.254. The van der Waals surface area contributed by atoms with Crippen molar-refractivity contribution in [2.75, 3.05) is 5.32 Å². The number of anilines is 1. The van der Waals surface area contributed by atoms with E-state index in [0.717, 1.165) is 10.4 Å². The molecule has 100 valence electrons. The van der Waals surface area contributed by atoms with Crippen molar-refractivity contribution in [3.05, 3.63) is 52.2 Å². The maximum Gasteiger partial charge on any atom is 0.319 e. The number of hydrogen-bond donors (Lipinski definition) is 3. The number of nitrogens with one attached hydrogen (secondary N) is 2. The third-order valence-corrected chi connectivity index (χ3v) is 3.51. The molecule has 2 amide bonds. The van der Waals surface area contributed by atoms with Crippen molar-refractivity contribution in [1.29, 1.82) is 0 Å². The molecule has 2 aromatic rings. The first-order valence-electron chi connectivity index (χ1n) is 6.00. The minimum Gasteiger partial charge on any atom is -0.389 e. The summed E-state index contributed by atoms with van der Waals surface area (Å²) in [5.74, 6) is 0. The summed E-state index contributed by atoms with van der Waals surface area (Å²) in [5, 5.41) is 17.0. The predicted octanol–water partition coefficient (Wildman–Crippen LogP) is 3.12. The fourth-order valence-electron chi connectivity index (χ4n) is 1.63. The Kier molecular flexibility index (Phi) is 4.54. The number of urea groups is 1. The monoisotopic (exact) mass is 276 g/mol. The van der Waals surface area contributed by atoms with Gasteiger partial charge in [0.25, 0.3) is 0 Å². The van der Waals surface area contributed by atoms with E-state index in [1.54, 1.807) is 36.5 Å². The van der Waals surface area contributed by atoms with Crippen LogP contribution < -0.4 is 10.6 Å². The van der Waals surface area contributed by atoms with E-state index in [2.05, 4.69) is 10.6 Å². The van der Waals surface area contributed by atoms with E-state index in [1.165, 1.54) is 0 Å². The molecule has 0 radical (unpaired) electrons. The van der Waals surface area contributed by atoms with Crippen molar-refractivity contribution in [2.24, 2.45) is 0 Å². The molecule has 0 aliphatic rings. The summed E-state index contributed by atoms with van der Waals surface area (Å²) in [4.78, 5) is 12.8. The fraction of sp³-hybridized carbons (Fsp3) is 0.214. The number of hydrogen-bond acceptors (Lipinski definition) is 3. The van der Waals surface area contributed by atoms with E-state index in [4.69, 9.17) is 0 Å². The third kappa shape index (κ3) is 4.08. The highest BCUT2D eigenvalue weighted by Gasteiger charge is 2.05. The topological polar surface area (TPSA) is 61.4 Å². The van der Waals surface area contributed by atoms with Crippen LogP contribution in [-0.2, 0) is 6.54 Å². The number of amides is 2. The van der Waals surface area contributed by atoms with Gasteiger partial charge in [0.2, 0.25) is 0 Å². The van der Waals surface area contributed by atoms with Crippen LogP contribution in [0.1, 0.15) is 23.5 Å². The highest BCUT2D eigenvalue weighted by Crippen LogP contribution is 2.16. The van der Waals surface area contributed by atoms with Gasteiger partial charge in [-0.1, -0.05) is 18.2 Å². The summed E-state index contributed by atoms with van der Waals surface area (Å²) in [6.45, 7) is 2.20. The second-order valence-corrected chi connectivity index (χ2v) is 5.22. The Hall–Kier alpha value is -1.85. The second kappa shape index (κ2) is 6.36. The lowest BCUT2D eigenvalue weighted by atomic mass is 10.1. The molecule has 19 heavy (non-hydrogen) atoms. The van der Waals surface area contributed by atoms with Crippen molar-refractivity contribution in [3.8, 4) is 0 Å². The molecule has 5 heteroatoms. The zero-order chi connectivity index (χ0) is 13.7. The highest BCUT2D eigenvalue weighted by molar-refractivity contribution is 7.09. The molecule has 0 bridgehead atoms. The number of aliphatic hydroxyl groups excluding tert-OH is 1. The minimum atomic E-state index is -0.545. The van der Waals surface area contributed by atoms with Gasteiger partial charge in [0.15, 0.2) is 0 Å². The molecule has 0 saturated carbocycles. The fourth-order valence-corrected chi connectivity index (χ4v) is 2.28. The van der Waals surface area contributed by atoms with E-state index in [0.29, 0.717) is 12.2 Å². The first-order chi connectivity index (χ1) is 9.15. The van der Waals surface area contributed by atoms with Crippen LogP contribution in [0, 0.1) is 0 Å². The molecule has 1 atom stereocenters. The molecule has 1 unspecified atom stereocenters. The first kappa shape index (κ1) is 13.6. The standard InChI is InChI=1S/C14H16N2O2S/c1-10(17)11-4-2-5-12(8-11)16-14(18)15-9-13-6-3-7-19-13/h2-8,10,17H,9H2,1H3,(H2,15,16,18). The molecular formula is C14H16N2O2S. The van der Waals surface area contributed by atoms with Crippen molar-refractivity contribution >= 4 is 23.1 Å². The van der Waals surface area contributed by atoms with Crippen molar-refractivity contribution in [3.63, 3.8) is 0 Å². The van der Waals surface area contributed by atoms with Crippen molar-refractivity contribution in [1.82, 2.24) is 5.32 Å². The smallest absolute Gasteiger partial charge is 0.319 e. The summed E-state index contributed by atoms with van der Waals surface area (Å²) in [6.07, 6.45) is -0.545. The molecule has 1 aromatic heterocycles. The van der Waals surface area contributed by atoms with Gasteiger partial charge in [-0.3, -0.25) is 0 Å². The lowest BCUT2D eigenvalue weighted by molar-refractivity contribution is 0.199. The summed E-state index contributed by atoms with van der Waals surface area (Å²) in [6, 6.07) is 10.8. The zero-order valence-corrected chi connectivity index (χ0v) is 11.4. The van der Waals surface area contributed by atoms with Gasteiger partial charge in [-0.15, -0.1) is 11.3 Å². The molecule has 0 aliphatic carbocycles. The molecule has 1 heterocycles. The van der Waals surface area contributed by atoms with Gasteiger partial charge in [-0.25, -0.2) is 4.79 Å². The Morgan fingerprint density at radius 3 is 2.89 bits per heavy atom. The van der Waals surface area contributed by atoms with Gasteiger partial charge in [0.05, 0.1) is 12.6 Å². The molecule has 4 nitrogen and oxygen atoms in total. The molecule has 1 aromatic carbocycles. The first-order valence-corrected chi connectivity index (χ1v) is 6.88. The van der Waals surface area contributed by atoms with E-state index < -0.39 is 6.10 Å². The number of rotatable bonds is 4. The van der Waals surface area contributed by atoms with Gasteiger partial charge in [-0.05, 0) is 36.1 Å². The lowest BCUT2D eigenvalue weighted by Gasteiger charge is -2.09. The summed E-state index contributed by atoms with van der Waals surface area (Å²) < 4.78 is 0. The predicted molar refractivity (Wildman–Crippen MR) is 77.3 cm³/mol. The number of carbonyl (C=O) groups is 1. The SMILES string of the molecule is CC(O)c1cccc(NC(=O)NCc2cccs2)c1. The van der Waals surface area contributed by atoms with Gasteiger partial charge < -0.3 is 15.7 Å². The van der Waals surface area contributed by atoms with Gasteiger partial charge in [0.1, 0.15) is 0 Å². The molecule has 0 saturated heterocycles. The summed E-state index contributed by atoms with van der Waals surface area (Å²) in [5.41, 5.74) is 1.44. The Bertz CT molecular complexity index is 538. The van der Waals surface area contributed by atoms with E-state index in [-0.39, 0.29) is 6.03 Å². The Morgan fingerprint density at radius 2 is 2.21 bits per heavy atom. The van der Waals surface area contributed by atoms with Crippen LogP contribution in [0.15, 0.2) is 41.8 Å². The lowest BCUT2D eigenvalue weighted by Crippen LogP contribution is -2.27. The average Bonchev–Trinajstić information content (AvgIpc) is 2.90. The van der Waals surface area contributed by atoms with Crippen LogP contribution in [0.4, 0.5) is 10.5 Å². The van der Waals surface area contributed by atoms with E-state index in [1.807, 2.05) is 23.6 Å².